The van der Waals surface area contributed by atoms with Crippen LogP contribution in [0.4, 0.5) is 9.52 Å². The number of thioether (sulfide) groups is 1. The molecule has 16 heteroatoms. The number of anilines is 1. The number of halogens is 1. The van der Waals surface area contributed by atoms with Crippen molar-refractivity contribution in [2.24, 2.45) is 10.9 Å². The number of carbonyl (C=O) groups is 4. The molecule has 5 N–H and O–H groups in total. The number of fused-ring (bicyclic) bond motifs is 1. The summed E-state index contributed by atoms with van der Waals surface area (Å²) in [7, 11) is 1.84. The Balaban J connectivity index is 1.76. The molecular formula is C21H26FN7O6S2. The summed E-state index contributed by atoms with van der Waals surface area (Å²) in [6.07, 6.45) is 3.31. The number of quaternary nitrogens is 1. The third-order valence-corrected chi connectivity index (χ3v) is 7.80. The smallest absolute Gasteiger partial charge is 0.276 e. The molecule has 0 spiro atoms. The van der Waals surface area contributed by atoms with Crippen LogP contribution < -0.4 is 21.9 Å². The Labute approximate surface area is 219 Å². The second-order valence-corrected chi connectivity index (χ2v) is 10.4. The number of rotatable bonds is 12. The molecule has 200 valence electrons. The molecule has 0 aliphatic carbocycles. The van der Waals surface area contributed by atoms with Crippen molar-refractivity contribution >= 4 is 57.6 Å². The first kappa shape index (κ1) is 28.1. The van der Waals surface area contributed by atoms with Crippen LogP contribution in [0.15, 0.2) is 34.0 Å². The van der Waals surface area contributed by atoms with E-state index >= 15 is 0 Å². The Kier molecular flexibility index (Phi) is 8.88. The zero-order valence-electron chi connectivity index (χ0n) is 20.0. The van der Waals surface area contributed by atoms with Crippen LogP contribution in [-0.2, 0) is 24.0 Å². The largest absolute Gasteiger partial charge is 0.543 e. The first-order chi connectivity index (χ1) is 17.5. The van der Waals surface area contributed by atoms with E-state index in [2.05, 4.69) is 20.3 Å². The number of hydrogen-bond donors (Lipinski definition) is 3. The number of carboxylic acids is 1. The van der Waals surface area contributed by atoms with Crippen molar-refractivity contribution in [3.05, 3.63) is 34.5 Å². The number of hydrogen-bond acceptors (Lipinski definition) is 11. The molecule has 13 nitrogen and oxygen atoms in total. The van der Waals surface area contributed by atoms with E-state index in [1.54, 1.807) is 12.2 Å². The fraction of sp³-hybridized carbons (Fsp3) is 0.429. The SMILES string of the molecule is CC[N+](C)(C/C=C/C1=C(C(=O)[O-])N2C(=O)[C@@H](NC(=O)/C(=N\OCF)c3csc(N)n3)[C@H]2SC1)CC(N)=O. The molecule has 1 aromatic heterocycles. The molecule has 1 unspecified atom stereocenters. The second kappa shape index (κ2) is 11.7. The van der Waals surface area contributed by atoms with Gasteiger partial charge in [-0.3, -0.25) is 19.3 Å². The highest BCUT2D eigenvalue weighted by Gasteiger charge is 2.53. The highest BCUT2D eigenvalue weighted by Crippen LogP contribution is 2.40. The molecule has 3 amide bonds. The summed E-state index contributed by atoms with van der Waals surface area (Å²) >= 11 is 2.27. The van der Waals surface area contributed by atoms with E-state index in [-0.39, 0.29) is 34.5 Å². The number of nitrogens with zero attached hydrogens (tertiary/aromatic N) is 4. The lowest BCUT2D eigenvalue weighted by Gasteiger charge is -2.50. The van der Waals surface area contributed by atoms with Crippen molar-refractivity contribution in [1.82, 2.24) is 15.2 Å². The van der Waals surface area contributed by atoms with Gasteiger partial charge in [-0.05, 0) is 18.6 Å². The lowest BCUT2D eigenvalue weighted by molar-refractivity contribution is -0.894. The summed E-state index contributed by atoms with van der Waals surface area (Å²) in [5.74, 6) is -3.30. The highest BCUT2D eigenvalue weighted by atomic mass is 32.2. The molecular weight excluding hydrogens is 529 g/mol. The van der Waals surface area contributed by atoms with E-state index in [1.165, 1.54) is 17.1 Å². The maximum Gasteiger partial charge on any atom is 0.276 e. The molecule has 0 aromatic carbocycles. The number of amides is 3. The van der Waals surface area contributed by atoms with Gasteiger partial charge in [0.2, 0.25) is 0 Å². The van der Waals surface area contributed by atoms with Crippen LogP contribution in [0.5, 0.6) is 0 Å². The van der Waals surface area contributed by atoms with Crippen LogP contribution in [0.2, 0.25) is 0 Å². The number of aromatic nitrogens is 1. The van der Waals surface area contributed by atoms with E-state index in [0.29, 0.717) is 23.1 Å². The van der Waals surface area contributed by atoms with Crippen molar-refractivity contribution in [2.75, 3.05) is 45.0 Å². The number of nitrogens with two attached hydrogens (primary N) is 2. The van der Waals surface area contributed by atoms with Crippen LogP contribution in [-0.4, -0.2) is 94.5 Å². The average Bonchev–Trinajstić information content (AvgIpc) is 3.27. The first-order valence-electron chi connectivity index (χ1n) is 11.0. The van der Waals surface area contributed by atoms with Crippen molar-refractivity contribution in [2.45, 2.75) is 18.3 Å². The zero-order chi connectivity index (χ0) is 27.3. The van der Waals surface area contributed by atoms with Crippen molar-refractivity contribution < 1.29 is 38.0 Å². The van der Waals surface area contributed by atoms with E-state index in [1.807, 2.05) is 14.0 Å². The van der Waals surface area contributed by atoms with Crippen molar-refractivity contribution in [3.8, 4) is 0 Å². The quantitative estimate of drug-likeness (QED) is 0.116. The van der Waals surface area contributed by atoms with Gasteiger partial charge in [0, 0.05) is 11.1 Å². The fourth-order valence-corrected chi connectivity index (χ4v) is 5.66. The number of nitrogens with one attached hydrogen (secondary N) is 1. The minimum absolute atomic E-state index is 0.0323. The molecule has 3 rings (SSSR count). The Morgan fingerprint density at radius 2 is 2.19 bits per heavy atom. The number of alkyl halides is 1. The molecule has 1 saturated heterocycles. The number of carboxylic acid groups (broad SMARTS) is 1. The van der Waals surface area contributed by atoms with E-state index in [9.17, 15) is 28.7 Å². The Hall–Kier alpha value is -3.50. The minimum Gasteiger partial charge on any atom is -0.543 e. The molecule has 2 aliphatic heterocycles. The summed E-state index contributed by atoms with van der Waals surface area (Å²) < 4.78 is 12.8. The predicted octanol–water partition coefficient (Wildman–Crippen LogP) is -1.72. The van der Waals surface area contributed by atoms with Gasteiger partial charge in [-0.2, -0.15) is 0 Å². The van der Waals surface area contributed by atoms with Gasteiger partial charge in [0.05, 0.1) is 31.8 Å². The minimum atomic E-state index is -1.54. The average molecular weight is 556 g/mol. The number of aliphatic carboxylic acids is 1. The summed E-state index contributed by atoms with van der Waals surface area (Å²) in [6, 6.07) is -1.07. The number of carbonyl (C=O) groups excluding carboxylic acids is 4. The lowest BCUT2D eigenvalue weighted by Crippen LogP contribution is -2.71. The van der Waals surface area contributed by atoms with E-state index in [0.717, 1.165) is 16.2 Å². The van der Waals surface area contributed by atoms with Crippen LogP contribution >= 0.6 is 23.1 Å². The van der Waals surface area contributed by atoms with Crippen molar-refractivity contribution in [3.63, 3.8) is 0 Å². The van der Waals surface area contributed by atoms with Crippen LogP contribution in [0, 0.1) is 0 Å². The Morgan fingerprint density at radius 3 is 2.76 bits per heavy atom. The van der Waals surface area contributed by atoms with Crippen LogP contribution in [0.1, 0.15) is 12.6 Å². The summed E-state index contributed by atoms with van der Waals surface area (Å²) in [4.78, 5) is 58.4. The lowest BCUT2D eigenvalue weighted by atomic mass is 10.0. The normalized spacial score (nSPS) is 21.3. The number of nitrogen functional groups attached to an aromatic ring is 1. The standard InChI is InChI=1S/C21H26FN7O6S2/c1-3-29(2,7-13(23)30)6-4-5-11-8-36-19-15(18(32)28(19)16(11)20(33)34)26-17(31)14(27-35-10-22)12-9-37-21(24)25-12/h4-5,9,15,19H,3,6-8,10H2,1-2H3,(H5-,23,24,25,26,30,31,33,34)/b5-4+,27-14-/t15-,19-,29?/m1/s1. The number of allylic oxidation sites excluding steroid dienone is 1. The van der Waals surface area contributed by atoms with Gasteiger partial charge in [-0.25, -0.2) is 9.37 Å². The first-order valence-corrected chi connectivity index (χ1v) is 12.9. The molecule has 0 saturated carbocycles. The van der Waals surface area contributed by atoms with Crippen LogP contribution in [0.25, 0.3) is 0 Å². The Bertz CT molecular complexity index is 1190. The van der Waals surface area contributed by atoms with Gasteiger partial charge >= 0.3 is 0 Å². The molecule has 37 heavy (non-hydrogen) atoms. The number of β-lactam (4-membered cyclic amide) rings is 1. The Morgan fingerprint density at radius 1 is 1.46 bits per heavy atom. The van der Waals surface area contributed by atoms with Gasteiger partial charge in [-0.1, -0.05) is 11.2 Å². The van der Waals surface area contributed by atoms with Gasteiger partial charge in [-0.15, -0.1) is 23.1 Å². The highest BCUT2D eigenvalue weighted by molar-refractivity contribution is 8.00. The van der Waals surface area contributed by atoms with Gasteiger partial charge in [0.15, 0.2) is 17.4 Å². The monoisotopic (exact) mass is 555 g/mol. The summed E-state index contributed by atoms with van der Waals surface area (Å²) in [5.41, 5.74) is 10.6. The third kappa shape index (κ3) is 6.26. The molecule has 3 atom stereocenters. The molecule has 1 aromatic rings. The maximum absolute atomic E-state index is 12.9. The maximum atomic E-state index is 12.9. The predicted molar refractivity (Wildman–Crippen MR) is 132 cm³/mol. The molecule has 3 heterocycles. The fourth-order valence-electron chi connectivity index (χ4n) is 3.79. The van der Waals surface area contributed by atoms with Gasteiger partial charge in [0.1, 0.15) is 17.1 Å². The zero-order valence-corrected chi connectivity index (χ0v) is 21.6. The summed E-state index contributed by atoms with van der Waals surface area (Å²) in [6.45, 7) is 1.76. The molecule has 1 fully saturated rings. The van der Waals surface area contributed by atoms with Gasteiger partial charge < -0.3 is 36.0 Å². The topological polar surface area (TPSA) is 193 Å². The molecule has 0 radical (unpaired) electrons. The summed E-state index contributed by atoms with van der Waals surface area (Å²) in [5, 5.41) is 18.7. The third-order valence-electron chi connectivity index (χ3n) is 5.83. The molecule has 2 aliphatic rings. The number of oxime groups is 1. The van der Waals surface area contributed by atoms with Crippen LogP contribution in [0.3, 0.4) is 0 Å². The van der Waals surface area contributed by atoms with E-state index < -0.39 is 42.0 Å². The van der Waals surface area contributed by atoms with Crippen molar-refractivity contribution in [1.29, 1.82) is 0 Å². The number of likely N-dealkylation sites (N-methyl/N-ethyl adjacent to an activating group) is 1. The number of primary amides is 1. The molecule has 0 bridgehead atoms. The second-order valence-electron chi connectivity index (χ2n) is 8.42. The van der Waals surface area contributed by atoms with Gasteiger partial charge in [0.25, 0.3) is 24.6 Å². The number of thiazole rings is 1. The van der Waals surface area contributed by atoms with E-state index in [4.69, 9.17) is 11.5 Å².